The lowest BCUT2D eigenvalue weighted by atomic mass is 9.85. The maximum Gasteiger partial charge on any atom is 0.227 e. The molecule has 2 atom stereocenters. The zero-order valence-corrected chi connectivity index (χ0v) is 11.3. The molecule has 1 aliphatic rings. The summed E-state index contributed by atoms with van der Waals surface area (Å²) in [5.41, 5.74) is 6.77. The Morgan fingerprint density at radius 2 is 2.26 bits per heavy atom. The Labute approximate surface area is 117 Å². The molecule has 2 unspecified atom stereocenters. The van der Waals surface area contributed by atoms with E-state index in [1.165, 1.54) is 0 Å². The van der Waals surface area contributed by atoms with Gasteiger partial charge in [0.25, 0.3) is 0 Å². The molecule has 0 heterocycles. The molecule has 0 radical (unpaired) electrons. The summed E-state index contributed by atoms with van der Waals surface area (Å²) in [5.74, 6) is -0.150. The molecule has 1 saturated carbocycles. The predicted molar refractivity (Wildman–Crippen MR) is 74.7 cm³/mol. The number of benzene rings is 1. The van der Waals surface area contributed by atoms with Gasteiger partial charge in [0.2, 0.25) is 5.91 Å². The predicted octanol–water partition coefficient (Wildman–Crippen LogP) is 2.67. The standard InChI is InChI=1S/C14H16ClN3O/c15-11-5-4-10(8-16)13(7-11)18-14(19)9-2-1-3-12(17)6-9/h4-5,7,9,12H,1-3,6,17H2,(H,18,19). The minimum absolute atomic E-state index is 0.0747. The number of nitrogens with zero attached hydrogens (tertiary/aromatic N) is 1. The fourth-order valence-corrected chi connectivity index (χ4v) is 2.59. The summed E-state index contributed by atoms with van der Waals surface area (Å²) in [6.07, 6.45) is 3.50. The van der Waals surface area contributed by atoms with Crippen molar-refractivity contribution in [3.8, 4) is 6.07 Å². The first-order valence-electron chi connectivity index (χ1n) is 6.36. The Hall–Kier alpha value is -1.57. The van der Waals surface area contributed by atoms with Crippen LogP contribution in [0.4, 0.5) is 5.69 Å². The molecule has 1 aliphatic carbocycles. The van der Waals surface area contributed by atoms with E-state index in [0.717, 1.165) is 19.3 Å². The van der Waals surface area contributed by atoms with E-state index in [1.54, 1.807) is 18.2 Å². The van der Waals surface area contributed by atoms with Crippen LogP contribution in [-0.2, 0) is 4.79 Å². The summed E-state index contributed by atoms with van der Waals surface area (Å²) in [5, 5.41) is 12.3. The third-order valence-corrected chi connectivity index (χ3v) is 3.68. The lowest BCUT2D eigenvalue weighted by Gasteiger charge is -2.25. The van der Waals surface area contributed by atoms with Crippen LogP contribution < -0.4 is 11.1 Å². The second kappa shape index (κ2) is 6.05. The topological polar surface area (TPSA) is 78.9 Å². The van der Waals surface area contributed by atoms with Gasteiger partial charge in [-0.3, -0.25) is 4.79 Å². The molecule has 0 aromatic heterocycles. The highest BCUT2D eigenvalue weighted by Gasteiger charge is 2.25. The Kier molecular flexibility index (Phi) is 4.41. The summed E-state index contributed by atoms with van der Waals surface area (Å²) in [4.78, 5) is 12.2. The maximum absolute atomic E-state index is 12.2. The first kappa shape index (κ1) is 13.9. The van der Waals surface area contributed by atoms with Crippen molar-refractivity contribution in [2.24, 2.45) is 11.7 Å². The summed E-state index contributed by atoms with van der Waals surface area (Å²) in [6.45, 7) is 0. The smallest absolute Gasteiger partial charge is 0.227 e. The van der Waals surface area contributed by atoms with E-state index in [0.29, 0.717) is 22.7 Å². The lowest BCUT2D eigenvalue weighted by molar-refractivity contribution is -0.120. The Morgan fingerprint density at radius 1 is 1.47 bits per heavy atom. The van der Waals surface area contributed by atoms with Crippen molar-refractivity contribution >= 4 is 23.2 Å². The number of amides is 1. The van der Waals surface area contributed by atoms with Gasteiger partial charge in [-0.2, -0.15) is 5.26 Å². The van der Waals surface area contributed by atoms with Crippen LogP contribution in [0.1, 0.15) is 31.2 Å². The van der Waals surface area contributed by atoms with Crippen molar-refractivity contribution in [1.29, 1.82) is 5.26 Å². The van der Waals surface area contributed by atoms with Crippen LogP contribution in [0.25, 0.3) is 0 Å². The van der Waals surface area contributed by atoms with Gasteiger partial charge in [-0.05, 0) is 37.5 Å². The summed E-state index contributed by atoms with van der Waals surface area (Å²) >= 11 is 5.89. The molecule has 1 aromatic rings. The molecule has 100 valence electrons. The fraction of sp³-hybridized carbons (Fsp3) is 0.429. The zero-order valence-electron chi connectivity index (χ0n) is 10.5. The number of rotatable bonds is 2. The van der Waals surface area contributed by atoms with Crippen LogP contribution in [0.5, 0.6) is 0 Å². The van der Waals surface area contributed by atoms with E-state index in [2.05, 4.69) is 5.32 Å². The highest BCUT2D eigenvalue weighted by atomic mass is 35.5. The molecule has 1 aromatic carbocycles. The SMILES string of the molecule is N#Cc1ccc(Cl)cc1NC(=O)C1CCCC(N)C1. The van der Waals surface area contributed by atoms with Gasteiger partial charge in [0, 0.05) is 17.0 Å². The number of nitrogens with one attached hydrogen (secondary N) is 1. The molecule has 4 nitrogen and oxygen atoms in total. The third kappa shape index (κ3) is 3.46. The van der Waals surface area contributed by atoms with Gasteiger partial charge < -0.3 is 11.1 Å². The average Bonchev–Trinajstić information content (AvgIpc) is 2.39. The minimum atomic E-state index is -0.0751. The van der Waals surface area contributed by atoms with Crippen LogP contribution in [0.2, 0.25) is 5.02 Å². The molecule has 0 bridgehead atoms. The van der Waals surface area contributed by atoms with Crippen molar-refractivity contribution in [2.75, 3.05) is 5.32 Å². The van der Waals surface area contributed by atoms with Gasteiger partial charge in [-0.15, -0.1) is 0 Å². The van der Waals surface area contributed by atoms with Crippen LogP contribution in [0, 0.1) is 17.2 Å². The molecule has 3 N–H and O–H groups in total. The molecule has 19 heavy (non-hydrogen) atoms. The van der Waals surface area contributed by atoms with Crippen molar-refractivity contribution in [3.05, 3.63) is 28.8 Å². The minimum Gasteiger partial charge on any atom is -0.328 e. The van der Waals surface area contributed by atoms with E-state index in [9.17, 15) is 4.79 Å². The largest absolute Gasteiger partial charge is 0.328 e. The number of carbonyl (C=O) groups is 1. The summed E-state index contributed by atoms with van der Waals surface area (Å²) in [6, 6.07) is 6.97. The Bertz CT molecular complexity index is 524. The number of hydrogen-bond donors (Lipinski definition) is 2. The van der Waals surface area contributed by atoms with E-state index in [4.69, 9.17) is 22.6 Å². The highest BCUT2D eigenvalue weighted by Crippen LogP contribution is 2.26. The monoisotopic (exact) mass is 277 g/mol. The quantitative estimate of drug-likeness (QED) is 0.872. The van der Waals surface area contributed by atoms with Crippen molar-refractivity contribution < 1.29 is 4.79 Å². The molecule has 0 aliphatic heterocycles. The van der Waals surface area contributed by atoms with E-state index in [1.807, 2.05) is 6.07 Å². The zero-order chi connectivity index (χ0) is 13.8. The molecule has 1 fully saturated rings. The molecule has 1 amide bonds. The average molecular weight is 278 g/mol. The van der Waals surface area contributed by atoms with E-state index < -0.39 is 0 Å². The van der Waals surface area contributed by atoms with Gasteiger partial charge in [0.15, 0.2) is 0 Å². The van der Waals surface area contributed by atoms with Crippen LogP contribution in [-0.4, -0.2) is 11.9 Å². The molecular formula is C14H16ClN3O. The van der Waals surface area contributed by atoms with Crippen molar-refractivity contribution in [2.45, 2.75) is 31.7 Å². The first-order valence-corrected chi connectivity index (χ1v) is 6.74. The molecule has 0 saturated heterocycles. The van der Waals surface area contributed by atoms with Crippen LogP contribution in [0.3, 0.4) is 0 Å². The fourth-order valence-electron chi connectivity index (χ4n) is 2.42. The maximum atomic E-state index is 12.2. The van der Waals surface area contributed by atoms with E-state index >= 15 is 0 Å². The molecule has 0 spiro atoms. The van der Waals surface area contributed by atoms with Crippen molar-refractivity contribution in [3.63, 3.8) is 0 Å². The highest BCUT2D eigenvalue weighted by molar-refractivity contribution is 6.31. The molecule has 5 heteroatoms. The second-order valence-corrected chi connectivity index (χ2v) is 5.35. The third-order valence-electron chi connectivity index (χ3n) is 3.45. The van der Waals surface area contributed by atoms with Gasteiger partial charge in [0.1, 0.15) is 6.07 Å². The number of hydrogen-bond acceptors (Lipinski definition) is 3. The number of anilines is 1. The van der Waals surface area contributed by atoms with Crippen LogP contribution >= 0.6 is 11.6 Å². The van der Waals surface area contributed by atoms with Gasteiger partial charge in [-0.25, -0.2) is 0 Å². The number of carbonyl (C=O) groups excluding carboxylic acids is 1. The normalized spacial score (nSPS) is 22.6. The van der Waals surface area contributed by atoms with Crippen LogP contribution in [0.15, 0.2) is 18.2 Å². The van der Waals surface area contributed by atoms with Gasteiger partial charge >= 0.3 is 0 Å². The lowest BCUT2D eigenvalue weighted by Crippen LogP contribution is -2.34. The van der Waals surface area contributed by atoms with Gasteiger partial charge in [-0.1, -0.05) is 18.0 Å². The number of nitriles is 1. The summed E-state index contributed by atoms with van der Waals surface area (Å²) < 4.78 is 0. The second-order valence-electron chi connectivity index (χ2n) is 4.91. The van der Waals surface area contributed by atoms with E-state index in [-0.39, 0.29) is 17.9 Å². The Morgan fingerprint density at radius 3 is 2.95 bits per heavy atom. The molecular weight excluding hydrogens is 262 g/mol. The molecule has 2 rings (SSSR count). The summed E-state index contributed by atoms with van der Waals surface area (Å²) in [7, 11) is 0. The first-order chi connectivity index (χ1) is 9.10. The van der Waals surface area contributed by atoms with Crippen molar-refractivity contribution in [1.82, 2.24) is 0 Å². The number of halogens is 1. The van der Waals surface area contributed by atoms with Gasteiger partial charge in [0.05, 0.1) is 11.3 Å². The number of nitrogens with two attached hydrogens (primary N) is 1. The Balaban J connectivity index is 2.10.